The molecule has 0 aliphatic heterocycles. The Balaban J connectivity index is 1.81. The normalized spacial score (nSPS) is 18.1. The molecule has 1 aromatic heterocycles. The topological polar surface area (TPSA) is 41.6 Å². The van der Waals surface area contributed by atoms with Crippen molar-refractivity contribution in [3.63, 3.8) is 0 Å². The van der Waals surface area contributed by atoms with Crippen LogP contribution in [0.2, 0.25) is 0 Å². The van der Waals surface area contributed by atoms with Gasteiger partial charge in [-0.2, -0.15) is 5.10 Å². The van der Waals surface area contributed by atoms with Gasteiger partial charge in [0.2, 0.25) is 0 Å². The molecule has 106 valence electrons. The predicted molar refractivity (Wildman–Crippen MR) is 80.8 cm³/mol. The molecule has 1 aromatic carbocycles. The van der Waals surface area contributed by atoms with Crippen molar-refractivity contribution < 1.29 is 0 Å². The molecule has 0 amide bonds. The van der Waals surface area contributed by atoms with Gasteiger partial charge in [-0.15, -0.1) is 0 Å². The van der Waals surface area contributed by atoms with Gasteiger partial charge < -0.3 is 0 Å². The Hall–Kier alpha value is -1.64. The van der Waals surface area contributed by atoms with Crippen LogP contribution in [-0.2, 0) is 0 Å². The fourth-order valence-corrected chi connectivity index (χ4v) is 3.26. The van der Waals surface area contributed by atoms with Crippen LogP contribution in [0.1, 0.15) is 74.5 Å². The van der Waals surface area contributed by atoms with Crippen molar-refractivity contribution >= 4 is 0 Å². The lowest BCUT2D eigenvalue weighted by atomic mass is 9.89. The first kappa shape index (κ1) is 13.3. The van der Waals surface area contributed by atoms with E-state index in [1.165, 1.54) is 37.7 Å². The van der Waals surface area contributed by atoms with E-state index in [4.69, 9.17) is 4.98 Å². The lowest BCUT2D eigenvalue weighted by Gasteiger charge is -2.18. The van der Waals surface area contributed by atoms with Gasteiger partial charge in [-0.3, -0.25) is 5.10 Å². The minimum Gasteiger partial charge on any atom is -0.263 e. The Morgan fingerprint density at radius 1 is 1.15 bits per heavy atom. The molecule has 1 saturated carbocycles. The summed E-state index contributed by atoms with van der Waals surface area (Å²) in [6.45, 7) is 2.20. The number of H-pyrrole nitrogens is 1. The SMILES string of the molecule is CCC(c1ccccc1)c1n[nH]c(C2CCCCC2)n1. The quantitative estimate of drug-likeness (QED) is 0.894. The van der Waals surface area contributed by atoms with Gasteiger partial charge in [-0.1, -0.05) is 56.5 Å². The van der Waals surface area contributed by atoms with E-state index in [0.717, 1.165) is 18.1 Å². The van der Waals surface area contributed by atoms with E-state index in [1.807, 2.05) is 0 Å². The minimum atomic E-state index is 0.310. The molecule has 1 N–H and O–H groups in total. The van der Waals surface area contributed by atoms with Gasteiger partial charge in [0.15, 0.2) is 5.82 Å². The van der Waals surface area contributed by atoms with Crippen LogP contribution in [0.5, 0.6) is 0 Å². The fraction of sp³-hybridized carbons (Fsp3) is 0.529. The molecule has 3 nitrogen and oxygen atoms in total. The van der Waals surface area contributed by atoms with Gasteiger partial charge in [0.25, 0.3) is 0 Å². The highest BCUT2D eigenvalue weighted by Crippen LogP contribution is 2.32. The molecular formula is C17H23N3. The minimum absolute atomic E-state index is 0.310. The highest BCUT2D eigenvalue weighted by Gasteiger charge is 2.22. The molecule has 0 saturated heterocycles. The Kier molecular flexibility index (Phi) is 4.14. The van der Waals surface area contributed by atoms with Crippen LogP contribution < -0.4 is 0 Å². The van der Waals surface area contributed by atoms with Crippen LogP contribution in [0, 0.1) is 0 Å². The number of nitrogens with zero attached hydrogens (tertiary/aromatic N) is 2. The number of nitrogens with one attached hydrogen (secondary N) is 1. The van der Waals surface area contributed by atoms with Crippen LogP contribution in [0.25, 0.3) is 0 Å². The van der Waals surface area contributed by atoms with Gasteiger partial charge in [0.1, 0.15) is 5.82 Å². The maximum Gasteiger partial charge on any atom is 0.158 e. The van der Waals surface area contributed by atoms with Crippen LogP contribution in [0.15, 0.2) is 30.3 Å². The van der Waals surface area contributed by atoms with E-state index in [-0.39, 0.29) is 0 Å². The standard InChI is InChI=1S/C17H23N3/c1-2-15(13-9-5-3-6-10-13)17-18-16(19-20-17)14-11-7-4-8-12-14/h3,5-6,9-10,14-15H,2,4,7-8,11-12H2,1H3,(H,18,19,20). The third-order valence-electron chi connectivity index (χ3n) is 4.43. The zero-order valence-electron chi connectivity index (χ0n) is 12.2. The van der Waals surface area contributed by atoms with Crippen molar-refractivity contribution in [3.8, 4) is 0 Å². The maximum atomic E-state index is 4.81. The highest BCUT2D eigenvalue weighted by molar-refractivity contribution is 5.25. The monoisotopic (exact) mass is 269 g/mol. The van der Waals surface area contributed by atoms with Crippen molar-refractivity contribution in [2.45, 2.75) is 57.3 Å². The molecule has 1 aliphatic carbocycles. The molecule has 0 radical (unpaired) electrons. The fourth-order valence-electron chi connectivity index (χ4n) is 3.26. The lowest BCUT2D eigenvalue weighted by molar-refractivity contribution is 0.429. The number of aromatic nitrogens is 3. The number of aromatic amines is 1. The summed E-state index contributed by atoms with van der Waals surface area (Å²) in [6, 6.07) is 10.6. The Bertz CT molecular complexity index is 526. The largest absolute Gasteiger partial charge is 0.263 e. The average Bonchev–Trinajstić information content (AvgIpc) is 3.00. The summed E-state index contributed by atoms with van der Waals surface area (Å²) in [5, 5.41) is 7.70. The van der Waals surface area contributed by atoms with Gasteiger partial charge in [-0.05, 0) is 24.8 Å². The van der Waals surface area contributed by atoms with Crippen LogP contribution in [-0.4, -0.2) is 15.2 Å². The van der Waals surface area contributed by atoms with E-state index in [0.29, 0.717) is 11.8 Å². The lowest BCUT2D eigenvalue weighted by Crippen LogP contribution is -2.07. The van der Waals surface area contributed by atoms with E-state index < -0.39 is 0 Å². The summed E-state index contributed by atoms with van der Waals surface area (Å²) in [6.07, 6.45) is 7.59. The second-order valence-electron chi connectivity index (χ2n) is 5.79. The first-order valence-corrected chi connectivity index (χ1v) is 7.85. The molecule has 1 fully saturated rings. The molecule has 1 unspecified atom stereocenters. The third-order valence-corrected chi connectivity index (χ3v) is 4.43. The molecular weight excluding hydrogens is 246 g/mol. The number of rotatable bonds is 4. The van der Waals surface area contributed by atoms with Crippen molar-refractivity contribution in [2.75, 3.05) is 0 Å². The van der Waals surface area contributed by atoms with E-state index >= 15 is 0 Å². The van der Waals surface area contributed by atoms with Crippen LogP contribution >= 0.6 is 0 Å². The first-order chi connectivity index (χ1) is 9.88. The van der Waals surface area contributed by atoms with Crippen molar-refractivity contribution in [1.29, 1.82) is 0 Å². The first-order valence-electron chi connectivity index (χ1n) is 7.85. The second kappa shape index (κ2) is 6.21. The predicted octanol–water partition coefficient (Wildman–Crippen LogP) is 4.39. The third kappa shape index (κ3) is 2.77. The smallest absolute Gasteiger partial charge is 0.158 e. The molecule has 1 aliphatic rings. The molecule has 3 rings (SSSR count). The molecule has 1 heterocycles. The van der Waals surface area contributed by atoms with Crippen molar-refractivity contribution in [1.82, 2.24) is 15.2 Å². The molecule has 0 bridgehead atoms. The molecule has 3 heteroatoms. The van der Waals surface area contributed by atoms with E-state index in [1.54, 1.807) is 0 Å². The van der Waals surface area contributed by atoms with E-state index in [9.17, 15) is 0 Å². The van der Waals surface area contributed by atoms with Crippen LogP contribution in [0.3, 0.4) is 0 Å². The highest BCUT2D eigenvalue weighted by atomic mass is 15.2. The summed E-state index contributed by atoms with van der Waals surface area (Å²) < 4.78 is 0. The van der Waals surface area contributed by atoms with Gasteiger partial charge in [0.05, 0.1) is 0 Å². The number of benzene rings is 1. The van der Waals surface area contributed by atoms with Gasteiger partial charge in [0, 0.05) is 11.8 Å². The summed E-state index contributed by atoms with van der Waals surface area (Å²) in [5.74, 6) is 2.97. The summed E-state index contributed by atoms with van der Waals surface area (Å²) in [5.41, 5.74) is 1.31. The van der Waals surface area contributed by atoms with Crippen LogP contribution in [0.4, 0.5) is 0 Å². The summed E-state index contributed by atoms with van der Waals surface area (Å²) in [7, 11) is 0. The molecule has 1 atom stereocenters. The zero-order valence-corrected chi connectivity index (χ0v) is 12.2. The average molecular weight is 269 g/mol. The maximum absolute atomic E-state index is 4.81. The van der Waals surface area contributed by atoms with Crippen molar-refractivity contribution in [2.24, 2.45) is 0 Å². The summed E-state index contributed by atoms with van der Waals surface area (Å²) >= 11 is 0. The molecule has 2 aromatic rings. The van der Waals surface area contributed by atoms with Crippen molar-refractivity contribution in [3.05, 3.63) is 47.5 Å². The molecule has 0 spiro atoms. The van der Waals surface area contributed by atoms with E-state index in [2.05, 4.69) is 47.5 Å². The number of hydrogen-bond donors (Lipinski definition) is 1. The van der Waals surface area contributed by atoms with Gasteiger partial charge in [-0.25, -0.2) is 4.98 Å². The number of hydrogen-bond acceptors (Lipinski definition) is 2. The Labute approximate surface area is 120 Å². The zero-order chi connectivity index (χ0) is 13.8. The Morgan fingerprint density at radius 2 is 1.90 bits per heavy atom. The summed E-state index contributed by atoms with van der Waals surface area (Å²) in [4.78, 5) is 4.81. The Morgan fingerprint density at radius 3 is 2.60 bits per heavy atom. The second-order valence-corrected chi connectivity index (χ2v) is 5.79. The van der Waals surface area contributed by atoms with Gasteiger partial charge >= 0.3 is 0 Å². The molecule has 20 heavy (non-hydrogen) atoms.